The highest BCUT2D eigenvalue weighted by molar-refractivity contribution is 6.35. The molecule has 0 bridgehead atoms. The van der Waals surface area contributed by atoms with Gasteiger partial charge in [0.2, 0.25) is 0 Å². The Balaban J connectivity index is 0.00000507. The van der Waals surface area contributed by atoms with E-state index < -0.39 is 17.7 Å². The van der Waals surface area contributed by atoms with Gasteiger partial charge in [-0.3, -0.25) is 4.79 Å². The summed E-state index contributed by atoms with van der Waals surface area (Å²) in [4.78, 5) is 41.5. The molecular weight excluding hydrogens is 489 g/mol. The molecule has 2 heterocycles. The summed E-state index contributed by atoms with van der Waals surface area (Å²) < 4.78 is 21.8. The van der Waals surface area contributed by atoms with E-state index in [9.17, 15) is 14.4 Å². The molecule has 2 N–H and O–H groups in total. The first kappa shape index (κ1) is 30.5. The van der Waals surface area contributed by atoms with Gasteiger partial charge < -0.3 is 34.1 Å². The van der Waals surface area contributed by atoms with Gasteiger partial charge in [-0.1, -0.05) is 0 Å². The fourth-order valence-corrected chi connectivity index (χ4v) is 3.60. The highest BCUT2D eigenvalue weighted by atomic mass is 16.6. The average Bonchev–Trinajstić information content (AvgIpc) is 3.34. The number of esters is 1. The number of ether oxygens (including phenoxy) is 4. The van der Waals surface area contributed by atoms with Crippen molar-refractivity contribution in [1.82, 2.24) is 9.88 Å². The molecule has 2 aromatic rings. The first-order valence-electron chi connectivity index (χ1n) is 12.2. The third-order valence-electron chi connectivity index (χ3n) is 5.31. The van der Waals surface area contributed by atoms with E-state index in [0.717, 1.165) is 5.69 Å². The highest BCUT2D eigenvalue weighted by Gasteiger charge is 2.26. The van der Waals surface area contributed by atoms with Crippen molar-refractivity contribution in [3.8, 4) is 5.75 Å². The van der Waals surface area contributed by atoms with Crippen LogP contribution in [0.3, 0.4) is 0 Å². The number of H-pyrrole nitrogens is 1. The molecule has 1 aliphatic heterocycles. The Morgan fingerprint density at radius 3 is 2.53 bits per heavy atom. The molecule has 1 aromatic heterocycles. The number of rotatable bonds is 10. The molecule has 1 aromatic carbocycles. The molecule has 2 radical (unpaired) electrons. The van der Waals surface area contributed by atoms with E-state index in [0.29, 0.717) is 53.6 Å². The lowest BCUT2D eigenvalue weighted by atomic mass is 10.0. The summed E-state index contributed by atoms with van der Waals surface area (Å²) in [5, 5.41) is 2.83. The Labute approximate surface area is 225 Å². The quantitative estimate of drug-likeness (QED) is 0.211. The summed E-state index contributed by atoms with van der Waals surface area (Å²) in [6.45, 7) is 10.6. The van der Waals surface area contributed by atoms with E-state index in [2.05, 4.69) is 10.3 Å². The molecule has 3 rings (SSSR count). The summed E-state index contributed by atoms with van der Waals surface area (Å²) in [6, 6.07) is 7.01. The molecule has 10 nitrogen and oxygen atoms in total. The van der Waals surface area contributed by atoms with Gasteiger partial charge in [0, 0.05) is 39.0 Å². The minimum absolute atomic E-state index is 0. The lowest BCUT2D eigenvalue weighted by molar-refractivity contribution is -0.110. The van der Waals surface area contributed by atoms with Gasteiger partial charge in [-0.2, -0.15) is 0 Å². The van der Waals surface area contributed by atoms with Crippen LogP contribution in [0, 0.1) is 6.92 Å². The van der Waals surface area contributed by atoms with Crippen LogP contribution in [0.25, 0.3) is 11.6 Å². The number of amides is 2. The number of aromatic amines is 1. The fourth-order valence-electron chi connectivity index (χ4n) is 3.60. The molecule has 2 amide bonds. The van der Waals surface area contributed by atoms with Crippen LogP contribution < -0.4 is 10.1 Å². The largest absolute Gasteiger partial charge is 0.491 e. The van der Waals surface area contributed by atoms with Crippen LogP contribution in [0.15, 0.2) is 24.3 Å². The lowest BCUT2D eigenvalue weighted by Gasteiger charge is -2.24. The smallest absolute Gasteiger partial charge is 0.410 e. The molecule has 0 aliphatic carbocycles. The van der Waals surface area contributed by atoms with Crippen LogP contribution in [0.2, 0.25) is 0 Å². The van der Waals surface area contributed by atoms with Gasteiger partial charge in [0.15, 0.2) is 0 Å². The number of anilines is 1. The SMILES string of the molecule is CCOC(=O)c1cc(C)[nH]c1/C=C1\C(=O)Nc2ccc(OCCOCCN(C)C(=O)OC(C)(C)C)cc21.[BH]. The van der Waals surface area contributed by atoms with E-state index in [1.54, 1.807) is 44.3 Å². The van der Waals surface area contributed by atoms with Crippen LogP contribution in [-0.4, -0.2) is 81.9 Å². The van der Waals surface area contributed by atoms with Crippen LogP contribution >= 0.6 is 0 Å². The minimum Gasteiger partial charge on any atom is -0.491 e. The topological polar surface area (TPSA) is 119 Å². The summed E-state index contributed by atoms with van der Waals surface area (Å²) in [6.07, 6.45) is 1.25. The number of hydrogen-bond donors (Lipinski definition) is 2. The third-order valence-corrected chi connectivity index (χ3v) is 5.31. The molecule has 0 saturated carbocycles. The normalized spacial score (nSPS) is 13.4. The number of aromatic nitrogens is 1. The second-order valence-electron chi connectivity index (χ2n) is 9.58. The number of aryl methyl sites for hydroxylation is 1. The first-order chi connectivity index (χ1) is 17.5. The van der Waals surface area contributed by atoms with Gasteiger partial charge in [0.05, 0.1) is 36.7 Å². The molecule has 0 saturated heterocycles. The van der Waals surface area contributed by atoms with Crippen molar-refractivity contribution in [3.05, 3.63) is 46.8 Å². The van der Waals surface area contributed by atoms with Crippen molar-refractivity contribution in [2.24, 2.45) is 0 Å². The summed E-state index contributed by atoms with van der Waals surface area (Å²) >= 11 is 0. The molecule has 0 unspecified atom stereocenters. The van der Waals surface area contributed by atoms with Gasteiger partial charge in [-0.05, 0) is 65.0 Å². The van der Waals surface area contributed by atoms with E-state index in [4.69, 9.17) is 18.9 Å². The van der Waals surface area contributed by atoms with E-state index >= 15 is 0 Å². The summed E-state index contributed by atoms with van der Waals surface area (Å²) in [5.74, 6) is -0.151. The molecule has 0 spiro atoms. The van der Waals surface area contributed by atoms with Gasteiger partial charge in [0.25, 0.3) is 5.91 Å². The number of nitrogens with one attached hydrogen (secondary N) is 2. The third kappa shape index (κ3) is 8.14. The number of hydrogen-bond acceptors (Lipinski definition) is 7. The van der Waals surface area contributed by atoms with Crippen molar-refractivity contribution < 1.29 is 33.3 Å². The number of nitrogens with zero attached hydrogens (tertiary/aromatic N) is 1. The minimum atomic E-state index is -0.547. The summed E-state index contributed by atoms with van der Waals surface area (Å²) in [7, 11) is 1.66. The van der Waals surface area contributed by atoms with Gasteiger partial charge in [-0.25, -0.2) is 9.59 Å². The number of benzene rings is 1. The van der Waals surface area contributed by atoms with Crippen LogP contribution in [-0.2, 0) is 19.0 Å². The van der Waals surface area contributed by atoms with Crippen molar-refractivity contribution in [3.63, 3.8) is 0 Å². The lowest BCUT2D eigenvalue weighted by Crippen LogP contribution is -2.36. The van der Waals surface area contributed by atoms with Crippen molar-refractivity contribution >= 4 is 43.7 Å². The van der Waals surface area contributed by atoms with Crippen LogP contribution in [0.4, 0.5) is 10.5 Å². The number of carbonyl (C=O) groups is 3. The monoisotopic (exact) mass is 525 g/mol. The molecule has 0 fully saturated rings. The molecule has 38 heavy (non-hydrogen) atoms. The van der Waals surface area contributed by atoms with E-state index in [1.807, 2.05) is 27.7 Å². The van der Waals surface area contributed by atoms with Crippen LogP contribution in [0.1, 0.15) is 55.0 Å². The zero-order valence-electron chi connectivity index (χ0n) is 22.9. The van der Waals surface area contributed by atoms with Gasteiger partial charge in [-0.15, -0.1) is 0 Å². The number of fused-ring (bicyclic) bond motifs is 1. The maximum absolute atomic E-state index is 12.7. The van der Waals surface area contributed by atoms with Crippen LogP contribution in [0.5, 0.6) is 5.75 Å². The fraction of sp³-hybridized carbons (Fsp3) is 0.444. The molecular formula is C27H36BN3O7. The van der Waals surface area contributed by atoms with E-state index in [-0.39, 0.29) is 27.5 Å². The zero-order chi connectivity index (χ0) is 27.2. The maximum atomic E-state index is 12.7. The summed E-state index contributed by atoms with van der Waals surface area (Å²) in [5.41, 5.74) is 2.85. The van der Waals surface area contributed by atoms with Crippen molar-refractivity contribution in [2.75, 3.05) is 45.3 Å². The van der Waals surface area contributed by atoms with Gasteiger partial charge in [0.1, 0.15) is 18.0 Å². The second kappa shape index (κ2) is 13.2. The Bertz CT molecular complexity index is 1180. The number of carbonyl (C=O) groups excluding carboxylic acids is 3. The van der Waals surface area contributed by atoms with E-state index in [1.165, 1.54) is 4.90 Å². The maximum Gasteiger partial charge on any atom is 0.410 e. The Hall–Kier alpha value is -3.73. The predicted molar refractivity (Wildman–Crippen MR) is 147 cm³/mol. The predicted octanol–water partition coefficient (Wildman–Crippen LogP) is 3.61. The van der Waals surface area contributed by atoms with Crippen molar-refractivity contribution in [2.45, 2.75) is 40.2 Å². The standard InChI is InChI=1S/C27H35N3O7.BH/c1-7-35-25(32)21-14-17(2)28-23(21)16-20-19-15-18(8-9-22(19)29-24(20)31)36-13-12-34-11-10-30(6)26(33)37-27(3,4)5;/h8-9,14-16,28H,7,10-13H2,1-6H3,(H,29,31);1H/b20-16-;. The first-order valence-corrected chi connectivity index (χ1v) is 12.2. The second-order valence-corrected chi connectivity index (χ2v) is 9.58. The highest BCUT2D eigenvalue weighted by Crippen LogP contribution is 2.36. The molecule has 11 heteroatoms. The Kier molecular flexibility index (Phi) is 10.6. The number of likely N-dealkylation sites (N-methyl/N-ethyl adjacent to an activating group) is 1. The van der Waals surface area contributed by atoms with Crippen molar-refractivity contribution in [1.29, 1.82) is 0 Å². The Morgan fingerprint density at radius 1 is 1.11 bits per heavy atom. The molecule has 0 atom stereocenters. The molecule has 204 valence electrons. The van der Waals surface area contributed by atoms with Gasteiger partial charge >= 0.3 is 12.1 Å². The Morgan fingerprint density at radius 2 is 1.84 bits per heavy atom. The molecule has 1 aliphatic rings. The zero-order valence-corrected chi connectivity index (χ0v) is 22.9. The average molecular weight is 525 g/mol.